The number of hydrazone groups is 1. The maximum atomic E-state index is 13.1. The van der Waals surface area contributed by atoms with Crippen LogP contribution in [0.15, 0.2) is 14.7 Å². The molecule has 2 aliphatic rings. The lowest BCUT2D eigenvalue weighted by molar-refractivity contribution is 0.0391. The summed E-state index contributed by atoms with van der Waals surface area (Å²) in [4.78, 5) is 32.6. The van der Waals surface area contributed by atoms with Gasteiger partial charge in [0.2, 0.25) is 5.95 Å². The monoisotopic (exact) mass is 389 g/mol. The molecule has 0 atom stereocenters. The van der Waals surface area contributed by atoms with Gasteiger partial charge in [-0.15, -0.1) is 0 Å². The van der Waals surface area contributed by atoms with Gasteiger partial charge >= 0.3 is 5.69 Å². The van der Waals surface area contributed by atoms with Crippen molar-refractivity contribution >= 4 is 22.8 Å². The number of aryl methyl sites for hydroxylation is 1. The SMILES string of the molecule is CCCn1c(=O)c2c(nc3n2CC(C)=NN3CCN2CCOCC2)n(C)c1=O. The Labute approximate surface area is 162 Å². The summed E-state index contributed by atoms with van der Waals surface area (Å²) in [5, 5.41) is 6.51. The number of ether oxygens (including phenoxy) is 1. The third-order valence-electron chi connectivity index (χ3n) is 5.30. The fourth-order valence-electron chi connectivity index (χ4n) is 3.85. The van der Waals surface area contributed by atoms with Gasteiger partial charge in [-0.25, -0.2) is 9.80 Å². The van der Waals surface area contributed by atoms with Crippen molar-refractivity contribution in [2.75, 3.05) is 44.4 Å². The molecule has 1 fully saturated rings. The number of nitrogens with zero attached hydrogens (tertiary/aromatic N) is 7. The second-order valence-corrected chi connectivity index (χ2v) is 7.38. The van der Waals surface area contributed by atoms with E-state index in [1.54, 1.807) is 7.05 Å². The van der Waals surface area contributed by atoms with Gasteiger partial charge in [-0.3, -0.25) is 23.4 Å². The highest BCUT2D eigenvalue weighted by Crippen LogP contribution is 2.23. The van der Waals surface area contributed by atoms with E-state index in [9.17, 15) is 9.59 Å². The molecule has 0 aliphatic carbocycles. The van der Waals surface area contributed by atoms with Crippen LogP contribution in [0.1, 0.15) is 20.3 Å². The van der Waals surface area contributed by atoms with Gasteiger partial charge in [-0.2, -0.15) is 10.1 Å². The third-order valence-corrected chi connectivity index (χ3v) is 5.30. The largest absolute Gasteiger partial charge is 0.379 e. The Morgan fingerprint density at radius 3 is 2.57 bits per heavy atom. The standard InChI is InChI=1S/C18H27N7O3/c1-4-5-23-16(26)14-15(21(3)18(23)27)19-17-24(14)12-13(2)20-25(17)7-6-22-8-10-28-11-9-22/h4-12H2,1-3H3. The zero-order chi connectivity index (χ0) is 19.8. The molecule has 152 valence electrons. The van der Waals surface area contributed by atoms with Gasteiger partial charge in [0.15, 0.2) is 11.2 Å². The summed E-state index contributed by atoms with van der Waals surface area (Å²) in [5.74, 6) is 0.621. The predicted octanol–water partition coefficient (Wildman–Crippen LogP) is -0.165. The summed E-state index contributed by atoms with van der Waals surface area (Å²) in [6.45, 7) is 9.61. The van der Waals surface area contributed by atoms with Crippen LogP contribution in [0.4, 0.5) is 5.95 Å². The fourth-order valence-corrected chi connectivity index (χ4v) is 3.85. The van der Waals surface area contributed by atoms with E-state index in [2.05, 4.69) is 15.0 Å². The zero-order valence-corrected chi connectivity index (χ0v) is 16.7. The van der Waals surface area contributed by atoms with E-state index >= 15 is 0 Å². The zero-order valence-electron chi connectivity index (χ0n) is 16.7. The number of hydrogen-bond acceptors (Lipinski definition) is 7. The van der Waals surface area contributed by atoms with Crippen molar-refractivity contribution in [1.29, 1.82) is 0 Å². The Hall–Kier alpha value is -2.46. The Balaban J connectivity index is 1.75. The molecule has 2 aromatic rings. The third kappa shape index (κ3) is 3.16. The van der Waals surface area contributed by atoms with Crippen LogP contribution >= 0.6 is 0 Å². The molecule has 0 aromatic carbocycles. The number of morpholine rings is 1. The molecule has 1 saturated heterocycles. The number of anilines is 1. The van der Waals surface area contributed by atoms with Gasteiger partial charge in [0.25, 0.3) is 5.56 Å². The molecular weight excluding hydrogens is 362 g/mol. The van der Waals surface area contributed by atoms with Crippen LogP contribution in [-0.4, -0.2) is 68.7 Å². The quantitative estimate of drug-likeness (QED) is 0.706. The average Bonchev–Trinajstić information content (AvgIpc) is 3.08. The van der Waals surface area contributed by atoms with E-state index < -0.39 is 0 Å². The second kappa shape index (κ2) is 7.51. The molecular formula is C18H27N7O3. The fraction of sp³-hybridized carbons (Fsp3) is 0.667. The normalized spacial score (nSPS) is 17.8. The van der Waals surface area contributed by atoms with Gasteiger partial charge in [0.1, 0.15) is 0 Å². The average molecular weight is 389 g/mol. The topological polar surface area (TPSA) is 89.9 Å². The van der Waals surface area contributed by atoms with Crippen molar-refractivity contribution in [3.63, 3.8) is 0 Å². The van der Waals surface area contributed by atoms with Crippen LogP contribution in [0.5, 0.6) is 0 Å². The van der Waals surface area contributed by atoms with Gasteiger partial charge in [0.05, 0.1) is 32.0 Å². The first-order valence-corrected chi connectivity index (χ1v) is 9.83. The Morgan fingerprint density at radius 2 is 1.86 bits per heavy atom. The Kier molecular flexibility index (Phi) is 5.07. The van der Waals surface area contributed by atoms with Gasteiger partial charge < -0.3 is 4.74 Å². The molecule has 0 saturated carbocycles. The second-order valence-electron chi connectivity index (χ2n) is 7.38. The molecule has 0 N–H and O–H groups in total. The molecule has 10 heteroatoms. The maximum Gasteiger partial charge on any atom is 0.332 e. The van der Waals surface area contributed by atoms with E-state index in [0.717, 1.165) is 38.6 Å². The van der Waals surface area contributed by atoms with Gasteiger partial charge in [0, 0.05) is 33.2 Å². The molecule has 2 aromatic heterocycles. The molecule has 4 heterocycles. The number of hydrogen-bond donors (Lipinski definition) is 0. The number of imidazole rings is 1. The molecule has 28 heavy (non-hydrogen) atoms. The first-order valence-electron chi connectivity index (χ1n) is 9.83. The van der Waals surface area contributed by atoms with Crippen LogP contribution < -0.4 is 16.3 Å². The first-order chi connectivity index (χ1) is 13.5. The van der Waals surface area contributed by atoms with E-state index in [-0.39, 0.29) is 11.2 Å². The number of rotatable bonds is 5. The predicted molar refractivity (Wildman–Crippen MR) is 107 cm³/mol. The minimum atomic E-state index is -0.327. The van der Waals surface area contributed by atoms with Gasteiger partial charge in [-0.05, 0) is 13.3 Å². The Morgan fingerprint density at radius 1 is 1.11 bits per heavy atom. The van der Waals surface area contributed by atoms with E-state index in [0.29, 0.717) is 43.2 Å². The van der Waals surface area contributed by atoms with Crippen molar-refractivity contribution in [2.45, 2.75) is 33.4 Å². The van der Waals surface area contributed by atoms with Crippen molar-refractivity contribution < 1.29 is 4.74 Å². The molecule has 0 radical (unpaired) electrons. The van der Waals surface area contributed by atoms with Crippen LogP contribution in [0, 0.1) is 0 Å². The molecule has 0 amide bonds. The summed E-state index contributed by atoms with van der Waals surface area (Å²) in [6, 6.07) is 0. The summed E-state index contributed by atoms with van der Waals surface area (Å²) < 4.78 is 10.1. The van der Waals surface area contributed by atoms with Crippen LogP contribution in [-0.2, 0) is 24.9 Å². The smallest absolute Gasteiger partial charge is 0.332 e. The summed E-state index contributed by atoms with van der Waals surface area (Å²) >= 11 is 0. The highest BCUT2D eigenvalue weighted by molar-refractivity contribution is 5.87. The summed E-state index contributed by atoms with van der Waals surface area (Å²) in [5.41, 5.74) is 1.19. The molecule has 10 nitrogen and oxygen atoms in total. The summed E-state index contributed by atoms with van der Waals surface area (Å²) in [6.07, 6.45) is 0.716. The minimum absolute atomic E-state index is 0.276. The van der Waals surface area contributed by atoms with E-state index in [1.165, 1.54) is 9.13 Å². The lowest BCUT2D eigenvalue weighted by Crippen LogP contribution is -2.42. The first kappa shape index (κ1) is 18.9. The summed E-state index contributed by atoms with van der Waals surface area (Å²) in [7, 11) is 1.67. The lowest BCUT2D eigenvalue weighted by Gasteiger charge is -2.30. The van der Waals surface area contributed by atoms with E-state index in [1.807, 2.05) is 23.4 Å². The van der Waals surface area contributed by atoms with Crippen molar-refractivity contribution in [3.8, 4) is 0 Å². The molecule has 0 unspecified atom stereocenters. The highest BCUT2D eigenvalue weighted by Gasteiger charge is 2.26. The van der Waals surface area contributed by atoms with Crippen molar-refractivity contribution in [3.05, 3.63) is 20.8 Å². The van der Waals surface area contributed by atoms with Crippen molar-refractivity contribution in [1.82, 2.24) is 23.6 Å². The maximum absolute atomic E-state index is 13.1. The lowest BCUT2D eigenvalue weighted by atomic mass is 10.3. The van der Waals surface area contributed by atoms with Gasteiger partial charge in [-0.1, -0.05) is 6.92 Å². The Bertz CT molecular complexity index is 1030. The highest BCUT2D eigenvalue weighted by atomic mass is 16.5. The molecule has 0 bridgehead atoms. The van der Waals surface area contributed by atoms with Crippen molar-refractivity contribution in [2.24, 2.45) is 12.1 Å². The molecule has 0 spiro atoms. The minimum Gasteiger partial charge on any atom is -0.379 e. The van der Waals surface area contributed by atoms with Crippen LogP contribution in [0.2, 0.25) is 0 Å². The number of fused-ring (bicyclic) bond motifs is 3. The molecule has 2 aliphatic heterocycles. The van der Waals surface area contributed by atoms with E-state index in [4.69, 9.17) is 4.74 Å². The molecule has 4 rings (SSSR count). The van der Waals surface area contributed by atoms with Crippen LogP contribution in [0.3, 0.4) is 0 Å². The van der Waals surface area contributed by atoms with Crippen LogP contribution in [0.25, 0.3) is 11.2 Å². The number of aromatic nitrogens is 4.